The molecule has 2 amide bonds. The van der Waals surface area contributed by atoms with Crippen LogP contribution in [0.2, 0.25) is 0 Å². The van der Waals surface area contributed by atoms with Crippen LogP contribution in [0.5, 0.6) is 5.75 Å². The Morgan fingerprint density at radius 3 is 2.12 bits per heavy atom. The Labute approximate surface area is 199 Å². The summed E-state index contributed by atoms with van der Waals surface area (Å²) in [6.45, 7) is 2.12. The molecule has 2 aromatic carbocycles. The molecule has 0 aromatic heterocycles. The van der Waals surface area contributed by atoms with E-state index in [2.05, 4.69) is 19.1 Å². The number of carbonyl (C=O) groups excluding carboxylic acids is 3. The topological polar surface area (TPSA) is 63.7 Å². The second-order valence-electron chi connectivity index (χ2n) is 10.2. The number of likely N-dealkylation sites (tertiary alicyclic amines) is 1. The number of aryl methyl sites for hydroxylation is 1. The maximum absolute atomic E-state index is 13.7. The van der Waals surface area contributed by atoms with Crippen molar-refractivity contribution in [3.05, 3.63) is 77.9 Å². The van der Waals surface area contributed by atoms with E-state index in [-0.39, 0.29) is 41.9 Å². The van der Waals surface area contributed by atoms with E-state index in [1.54, 1.807) is 12.1 Å². The van der Waals surface area contributed by atoms with Gasteiger partial charge in [-0.1, -0.05) is 68.0 Å². The highest BCUT2D eigenvalue weighted by Crippen LogP contribution is 2.65. The highest BCUT2D eigenvalue weighted by atomic mass is 16.5. The number of rotatable bonds is 7. The average Bonchev–Trinajstić information content (AvgIpc) is 3.63. The molecule has 0 spiro atoms. The van der Waals surface area contributed by atoms with Gasteiger partial charge in [0.25, 0.3) is 0 Å². The molecular weight excluding hydrogens is 426 g/mol. The number of ether oxygens (including phenoxy) is 1. The molecule has 174 valence electrons. The van der Waals surface area contributed by atoms with Gasteiger partial charge in [-0.2, -0.15) is 0 Å². The molecule has 34 heavy (non-hydrogen) atoms. The molecular formula is C29H29NO4. The van der Waals surface area contributed by atoms with Crippen molar-refractivity contribution in [2.75, 3.05) is 0 Å². The van der Waals surface area contributed by atoms with E-state index < -0.39 is 12.0 Å². The van der Waals surface area contributed by atoms with Gasteiger partial charge in [-0.3, -0.25) is 14.5 Å². The van der Waals surface area contributed by atoms with Crippen LogP contribution in [-0.4, -0.2) is 28.7 Å². The third-order valence-electron chi connectivity index (χ3n) is 8.23. The molecule has 1 aliphatic heterocycles. The van der Waals surface area contributed by atoms with E-state index in [9.17, 15) is 14.4 Å². The molecule has 0 radical (unpaired) electrons. The van der Waals surface area contributed by atoms with Crippen molar-refractivity contribution in [3.63, 3.8) is 0 Å². The zero-order chi connectivity index (χ0) is 23.4. The zero-order valence-corrected chi connectivity index (χ0v) is 19.3. The summed E-state index contributed by atoms with van der Waals surface area (Å²) in [6, 6.07) is 16.0. The molecule has 1 heterocycles. The summed E-state index contributed by atoms with van der Waals surface area (Å²) in [6.07, 6.45) is 7.66. The number of hydrogen-bond acceptors (Lipinski definition) is 4. The molecule has 4 aliphatic carbocycles. The van der Waals surface area contributed by atoms with Crippen molar-refractivity contribution < 1.29 is 19.1 Å². The highest BCUT2D eigenvalue weighted by molar-refractivity contribution is 6.09. The number of esters is 1. The van der Waals surface area contributed by atoms with E-state index in [1.165, 1.54) is 10.5 Å². The van der Waals surface area contributed by atoms with Crippen LogP contribution in [0.15, 0.2) is 66.7 Å². The van der Waals surface area contributed by atoms with Crippen LogP contribution < -0.4 is 4.74 Å². The smallest absolute Gasteiger partial charge is 0.335 e. The van der Waals surface area contributed by atoms with Gasteiger partial charge in [-0.15, -0.1) is 0 Å². The molecule has 5 nitrogen and oxygen atoms in total. The van der Waals surface area contributed by atoms with Gasteiger partial charge in [0, 0.05) is 6.42 Å². The SMILES string of the molecule is CCCc1ccc(OC(=O)[C@@H](Cc2ccccc2)N2C(=O)[C@@H]3[C@@H]4C=C[C@H]([C@H]5C[C@H]45)[C@@H]3C2=O)cc1. The first-order chi connectivity index (χ1) is 16.6. The van der Waals surface area contributed by atoms with E-state index >= 15 is 0 Å². The Kier molecular flexibility index (Phi) is 5.16. The Balaban J connectivity index is 1.29. The largest absolute Gasteiger partial charge is 0.425 e. The van der Waals surface area contributed by atoms with Crippen molar-refractivity contribution in [1.29, 1.82) is 0 Å². The quantitative estimate of drug-likeness (QED) is 0.272. The van der Waals surface area contributed by atoms with E-state index in [4.69, 9.17) is 4.74 Å². The Morgan fingerprint density at radius 1 is 0.912 bits per heavy atom. The van der Waals surface area contributed by atoms with Gasteiger partial charge in [0.05, 0.1) is 11.8 Å². The van der Waals surface area contributed by atoms with Crippen LogP contribution in [0.25, 0.3) is 0 Å². The third-order valence-corrected chi connectivity index (χ3v) is 8.23. The van der Waals surface area contributed by atoms with E-state index in [1.807, 2.05) is 42.5 Å². The predicted octanol–water partition coefficient (Wildman–Crippen LogP) is 4.21. The van der Waals surface area contributed by atoms with Gasteiger partial charge < -0.3 is 4.74 Å². The fraction of sp³-hybridized carbons (Fsp3) is 0.414. The second kappa shape index (κ2) is 8.23. The van der Waals surface area contributed by atoms with Crippen molar-refractivity contribution in [2.24, 2.45) is 35.5 Å². The Morgan fingerprint density at radius 2 is 1.53 bits per heavy atom. The minimum absolute atomic E-state index is 0.126. The molecule has 2 aromatic rings. The zero-order valence-electron chi connectivity index (χ0n) is 19.3. The summed E-state index contributed by atoms with van der Waals surface area (Å²) >= 11 is 0. The predicted molar refractivity (Wildman–Crippen MR) is 127 cm³/mol. The normalized spacial score (nSPS) is 31.3. The van der Waals surface area contributed by atoms with Crippen LogP contribution in [0, 0.1) is 35.5 Å². The van der Waals surface area contributed by atoms with Crippen molar-refractivity contribution in [2.45, 2.75) is 38.6 Å². The van der Waals surface area contributed by atoms with Crippen LogP contribution >= 0.6 is 0 Å². The lowest BCUT2D eigenvalue weighted by Crippen LogP contribution is -2.48. The van der Waals surface area contributed by atoms with E-state index in [0.29, 0.717) is 17.6 Å². The maximum atomic E-state index is 13.7. The summed E-state index contributed by atoms with van der Waals surface area (Å²) in [4.78, 5) is 42.1. The number of carbonyl (C=O) groups is 3. The molecule has 0 unspecified atom stereocenters. The monoisotopic (exact) mass is 455 g/mol. The molecule has 5 aliphatic rings. The first-order valence-corrected chi connectivity index (χ1v) is 12.5. The molecule has 7 rings (SSSR count). The van der Waals surface area contributed by atoms with Gasteiger partial charge in [0.15, 0.2) is 0 Å². The molecule has 2 bridgehead atoms. The number of benzene rings is 2. The van der Waals surface area contributed by atoms with Gasteiger partial charge in [-0.25, -0.2) is 4.79 Å². The molecule has 2 saturated carbocycles. The molecule has 0 N–H and O–H groups in total. The highest BCUT2D eigenvalue weighted by Gasteiger charge is 2.68. The van der Waals surface area contributed by atoms with E-state index in [0.717, 1.165) is 24.8 Å². The number of amides is 2. The summed E-state index contributed by atoms with van der Waals surface area (Å²) in [5, 5.41) is 0. The van der Waals surface area contributed by atoms with Crippen LogP contribution in [0.3, 0.4) is 0 Å². The van der Waals surface area contributed by atoms with Crippen molar-refractivity contribution >= 4 is 17.8 Å². The third kappa shape index (κ3) is 3.41. The summed E-state index contributed by atoms with van der Waals surface area (Å²) < 4.78 is 5.74. The van der Waals surface area contributed by atoms with Crippen LogP contribution in [0.1, 0.15) is 30.9 Å². The first-order valence-electron chi connectivity index (χ1n) is 12.5. The van der Waals surface area contributed by atoms with Crippen LogP contribution in [0.4, 0.5) is 0 Å². The van der Waals surface area contributed by atoms with Gasteiger partial charge >= 0.3 is 5.97 Å². The summed E-state index contributed by atoms with van der Waals surface area (Å²) in [5.74, 6) is 0.119. The summed E-state index contributed by atoms with van der Waals surface area (Å²) in [5.41, 5.74) is 2.07. The number of imide groups is 1. The summed E-state index contributed by atoms with van der Waals surface area (Å²) in [7, 11) is 0. The minimum Gasteiger partial charge on any atom is -0.425 e. The van der Waals surface area contributed by atoms with Crippen LogP contribution in [-0.2, 0) is 27.2 Å². The molecule has 1 saturated heterocycles. The number of allylic oxidation sites excluding steroid dienone is 2. The Bertz CT molecular complexity index is 1120. The number of nitrogens with zero attached hydrogens (tertiary/aromatic N) is 1. The Hall–Kier alpha value is -3.21. The fourth-order valence-corrected chi connectivity index (χ4v) is 6.60. The van der Waals surface area contributed by atoms with Gasteiger partial charge in [0.1, 0.15) is 11.8 Å². The average molecular weight is 456 g/mol. The maximum Gasteiger partial charge on any atom is 0.335 e. The van der Waals surface area contributed by atoms with Crippen molar-refractivity contribution in [3.8, 4) is 5.75 Å². The molecule has 7 atom stereocenters. The fourth-order valence-electron chi connectivity index (χ4n) is 6.60. The van der Waals surface area contributed by atoms with Gasteiger partial charge in [0.2, 0.25) is 11.8 Å². The lowest BCUT2D eigenvalue weighted by atomic mass is 9.63. The lowest BCUT2D eigenvalue weighted by Gasteiger charge is -2.37. The standard InChI is InChI=1S/C29H29NO4/c1-2-6-17-9-11-19(12-10-17)34-29(33)24(15-18-7-4-3-5-8-18)30-27(31)25-20-13-14-21(23-16-22(20)23)26(25)28(30)32/h3-5,7-14,20-26H,2,6,15-16H2,1H3/t20-,21-,22-,23-,24-,25-,26+/m1/s1. The van der Waals surface area contributed by atoms with Gasteiger partial charge in [-0.05, 0) is 59.8 Å². The number of hydrogen-bond donors (Lipinski definition) is 0. The first kappa shape index (κ1) is 21.3. The van der Waals surface area contributed by atoms with Crippen molar-refractivity contribution in [1.82, 2.24) is 4.90 Å². The lowest BCUT2D eigenvalue weighted by molar-refractivity contribution is -0.153. The minimum atomic E-state index is -0.973. The molecule has 5 heteroatoms. The second-order valence-corrected chi connectivity index (χ2v) is 10.2. The molecule has 3 fully saturated rings.